The molecule has 0 saturated heterocycles. The van der Waals surface area contributed by atoms with Crippen LogP contribution in [0.15, 0.2) is 19.0 Å². The summed E-state index contributed by atoms with van der Waals surface area (Å²) in [6.07, 6.45) is 5.36. The minimum atomic E-state index is 1.16. The van der Waals surface area contributed by atoms with E-state index in [1.54, 1.807) is 17.1 Å². The van der Waals surface area contributed by atoms with E-state index in [0.717, 1.165) is 5.56 Å². The number of aromatic nitrogens is 2. The molecule has 1 rings (SSSR count). The molecule has 1 aromatic heterocycles. The number of hydrogen-bond acceptors (Lipinski definition) is 1. The molecule has 2 heteroatoms. The summed E-state index contributed by atoms with van der Waals surface area (Å²) in [6, 6.07) is 0. The first kappa shape index (κ1) is 8.95. The molecule has 0 unspecified atom stereocenters. The molecule has 1 heterocycles. The second-order valence-corrected chi connectivity index (χ2v) is 1.68. The van der Waals surface area contributed by atoms with Gasteiger partial charge in [-0.2, -0.15) is 5.10 Å². The fourth-order valence-corrected chi connectivity index (χ4v) is 0.533. The zero-order valence-electron chi connectivity index (χ0n) is 6.83. The quantitative estimate of drug-likeness (QED) is 0.582. The lowest BCUT2D eigenvalue weighted by Gasteiger charge is -1.82. The van der Waals surface area contributed by atoms with Gasteiger partial charge in [-0.15, -0.1) is 0 Å². The van der Waals surface area contributed by atoms with Crippen molar-refractivity contribution in [2.75, 3.05) is 0 Å². The largest absolute Gasteiger partial charge is 0.249 e. The Bertz CT molecular complexity index is 189. The summed E-state index contributed by atoms with van der Waals surface area (Å²) in [4.78, 5) is 0. The van der Waals surface area contributed by atoms with Crippen LogP contribution in [-0.4, -0.2) is 9.78 Å². The lowest BCUT2D eigenvalue weighted by atomic mass is 10.4. The van der Waals surface area contributed by atoms with Crippen LogP contribution in [0.4, 0.5) is 0 Å². The maximum absolute atomic E-state index is 3.93. The van der Waals surface area contributed by atoms with E-state index in [4.69, 9.17) is 0 Å². The zero-order chi connectivity index (χ0) is 7.98. The highest BCUT2D eigenvalue weighted by atomic mass is 15.2. The van der Waals surface area contributed by atoms with Gasteiger partial charge in [0, 0.05) is 12.4 Å². The van der Waals surface area contributed by atoms with Crippen molar-refractivity contribution in [3.63, 3.8) is 0 Å². The fourth-order valence-electron chi connectivity index (χ4n) is 0.533. The average molecular weight is 138 g/mol. The Morgan fingerprint density at radius 1 is 1.60 bits per heavy atom. The molecule has 0 aromatic carbocycles. The van der Waals surface area contributed by atoms with E-state index >= 15 is 0 Å². The zero-order valence-corrected chi connectivity index (χ0v) is 6.83. The van der Waals surface area contributed by atoms with Gasteiger partial charge in [-0.3, -0.25) is 0 Å². The second-order valence-electron chi connectivity index (χ2n) is 1.68. The third-order valence-corrected chi connectivity index (χ3v) is 0.918. The molecule has 0 N–H and O–H groups in total. The van der Waals surface area contributed by atoms with Crippen LogP contribution < -0.4 is 0 Å². The van der Waals surface area contributed by atoms with E-state index < -0.39 is 0 Å². The van der Waals surface area contributed by atoms with Crippen LogP contribution in [0.2, 0.25) is 0 Å². The van der Waals surface area contributed by atoms with Crippen molar-refractivity contribution in [1.29, 1.82) is 0 Å². The van der Waals surface area contributed by atoms with Gasteiger partial charge in [0.25, 0.3) is 0 Å². The molecule has 0 aliphatic carbocycles. The van der Waals surface area contributed by atoms with Gasteiger partial charge in [0.2, 0.25) is 0 Å². The van der Waals surface area contributed by atoms with Gasteiger partial charge >= 0.3 is 0 Å². The molecular weight excluding hydrogens is 124 g/mol. The smallest absolute Gasteiger partial charge is 0.0523 e. The predicted molar refractivity (Wildman–Crippen MR) is 44.7 cm³/mol. The molecule has 0 spiro atoms. The molecule has 0 aliphatic rings. The Labute approximate surface area is 62.2 Å². The van der Waals surface area contributed by atoms with Crippen molar-refractivity contribution in [2.45, 2.75) is 20.8 Å². The lowest BCUT2D eigenvalue weighted by molar-refractivity contribution is 0.937. The number of nitrogens with zero attached hydrogens (tertiary/aromatic N) is 2. The van der Waals surface area contributed by atoms with Crippen molar-refractivity contribution in [3.05, 3.63) is 24.5 Å². The Balaban J connectivity index is 0.000000371. The Hall–Kier alpha value is -1.05. The van der Waals surface area contributed by atoms with Crippen LogP contribution >= 0.6 is 0 Å². The third-order valence-electron chi connectivity index (χ3n) is 0.918. The molecule has 0 aliphatic heterocycles. The maximum Gasteiger partial charge on any atom is 0.0523 e. The van der Waals surface area contributed by atoms with Crippen LogP contribution in [0.5, 0.6) is 0 Å². The van der Waals surface area contributed by atoms with Gasteiger partial charge in [-0.1, -0.05) is 20.4 Å². The molecular formula is C8H14N2. The van der Waals surface area contributed by atoms with Crippen molar-refractivity contribution in [2.24, 2.45) is 0 Å². The summed E-state index contributed by atoms with van der Waals surface area (Å²) >= 11 is 0. The second kappa shape index (κ2) is 4.79. The number of rotatable bonds is 1. The number of hydrogen-bond donors (Lipinski definition) is 0. The van der Waals surface area contributed by atoms with Gasteiger partial charge in [0.05, 0.1) is 6.20 Å². The normalized spacial score (nSPS) is 7.90. The minimum absolute atomic E-state index is 1.16. The topological polar surface area (TPSA) is 17.8 Å². The van der Waals surface area contributed by atoms with E-state index in [0.29, 0.717) is 0 Å². The van der Waals surface area contributed by atoms with E-state index in [-0.39, 0.29) is 0 Å². The first-order chi connectivity index (χ1) is 4.83. The molecule has 0 atom stereocenters. The van der Waals surface area contributed by atoms with Crippen molar-refractivity contribution in [3.8, 4) is 0 Å². The first-order valence-corrected chi connectivity index (χ1v) is 3.46. The van der Waals surface area contributed by atoms with Crippen LogP contribution in [0.3, 0.4) is 0 Å². The Morgan fingerprint density at radius 3 is 2.40 bits per heavy atom. The van der Waals surface area contributed by atoms with Gasteiger partial charge in [-0.05, 0) is 12.5 Å². The van der Waals surface area contributed by atoms with Crippen molar-refractivity contribution in [1.82, 2.24) is 9.78 Å². The van der Waals surface area contributed by atoms with Gasteiger partial charge in [0.15, 0.2) is 0 Å². The molecule has 10 heavy (non-hydrogen) atoms. The predicted octanol–water partition coefficient (Wildman–Crippen LogP) is 2.32. The van der Waals surface area contributed by atoms with Crippen molar-refractivity contribution < 1.29 is 0 Å². The van der Waals surface area contributed by atoms with Crippen LogP contribution in [0.1, 0.15) is 19.4 Å². The average Bonchev–Trinajstić information content (AvgIpc) is 2.40. The van der Waals surface area contributed by atoms with Crippen molar-refractivity contribution >= 4 is 6.20 Å². The van der Waals surface area contributed by atoms with Crippen LogP contribution in [0.25, 0.3) is 6.20 Å². The van der Waals surface area contributed by atoms with E-state index in [1.807, 2.05) is 27.0 Å². The van der Waals surface area contributed by atoms with E-state index in [9.17, 15) is 0 Å². The minimum Gasteiger partial charge on any atom is -0.249 e. The van der Waals surface area contributed by atoms with Gasteiger partial charge in [-0.25, -0.2) is 4.68 Å². The molecule has 1 aromatic rings. The first-order valence-electron chi connectivity index (χ1n) is 3.46. The molecule has 56 valence electrons. The van der Waals surface area contributed by atoms with E-state index in [2.05, 4.69) is 11.7 Å². The monoisotopic (exact) mass is 138 g/mol. The summed E-state index contributed by atoms with van der Waals surface area (Å²) in [5.41, 5.74) is 1.16. The molecule has 0 bridgehead atoms. The molecule has 2 nitrogen and oxygen atoms in total. The summed E-state index contributed by atoms with van der Waals surface area (Å²) < 4.78 is 1.68. The molecule has 0 fully saturated rings. The lowest BCUT2D eigenvalue weighted by Crippen LogP contribution is -1.81. The number of aryl methyl sites for hydroxylation is 1. The molecule has 0 amide bonds. The molecule has 0 radical (unpaired) electrons. The fraction of sp³-hybridized carbons (Fsp3) is 0.375. The third kappa shape index (κ3) is 2.49. The SMILES string of the molecule is C=Cn1cc(C)cn1.CC. The maximum atomic E-state index is 3.93. The highest BCUT2D eigenvalue weighted by Crippen LogP contribution is 1.92. The standard InChI is InChI=1S/C6H8N2.C2H6/c1-3-8-5-6(2)4-7-8;1-2/h3-5H,1H2,2H3;1-2H3. The summed E-state index contributed by atoms with van der Waals surface area (Å²) in [5, 5.41) is 3.93. The van der Waals surface area contributed by atoms with Crippen LogP contribution in [-0.2, 0) is 0 Å². The highest BCUT2D eigenvalue weighted by molar-refractivity contribution is 5.16. The highest BCUT2D eigenvalue weighted by Gasteiger charge is 1.83. The molecule has 0 saturated carbocycles. The summed E-state index contributed by atoms with van der Waals surface area (Å²) in [5.74, 6) is 0. The van der Waals surface area contributed by atoms with Gasteiger partial charge < -0.3 is 0 Å². The summed E-state index contributed by atoms with van der Waals surface area (Å²) in [6.45, 7) is 9.54. The Morgan fingerprint density at radius 2 is 2.20 bits per heavy atom. The van der Waals surface area contributed by atoms with Gasteiger partial charge in [0.1, 0.15) is 0 Å². The summed E-state index contributed by atoms with van der Waals surface area (Å²) in [7, 11) is 0. The van der Waals surface area contributed by atoms with E-state index in [1.165, 1.54) is 0 Å². The Kier molecular flexibility index (Phi) is 4.29. The van der Waals surface area contributed by atoms with Crippen LogP contribution in [0, 0.1) is 6.92 Å².